The first-order valence-electron chi connectivity index (χ1n) is 15.7. The third-order valence-corrected chi connectivity index (χ3v) is 9.87. The molecule has 0 aliphatic heterocycles. The van der Waals surface area contributed by atoms with Crippen molar-refractivity contribution in [2.45, 2.75) is 44.7 Å². The number of nitro benzene ring substituents is 1. The normalized spacial score (nSPS) is 11.9. The number of carbonyl (C=O) groups excluding carboxylic acids is 2. The Hall–Kier alpha value is -5.01. The zero-order valence-electron chi connectivity index (χ0n) is 28.0. The molecule has 0 spiro atoms. The van der Waals surface area contributed by atoms with Crippen LogP contribution in [-0.4, -0.2) is 56.3 Å². The van der Waals surface area contributed by atoms with Crippen LogP contribution in [0.5, 0.6) is 5.75 Å². The highest BCUT2D eigenvalue weighted by molar-refractivity contribution is 7.92. The maximum Gasteiger partial charge on any atom is 0.273 e. The Kier molecular flexibility index (Phi) is 12.5. The third kappa shape index (κ3) is 9.36. The molecule has 0 saturated carbocycles. The van der Waals surface area contributed by atoms with Crippen LogP contribution in [0, 0.1) is 28.8 Å². The Labute approximate surface area is 295 Å². The summed E-state index contributed by atoms with van der Waals surface area (Å²) >= 11 is 6.32. The summed E-state index contributed by atoms with van der Waals surface area (Å²) in [5, 5.41) is 14.8. The highest BCUT2D eigenvalue weighted by Crippen LogP contribution is 2.36. The Bertz CT molecular complexity index is 1940. The van der Waals surface area contributed by atoms with Crippen molar-refractivity contribution in [1.82, 2.24) is 10.2 Å². The summed E-state index contributed by atoms with van der Waals surface area (Å²) < 4.78 is 49.0. The number of methoxy groups -OCH3 is 1. The van der Waals surface area contributed by atoms with Gasteiger partial charge in [-0.25, -0.2) is 12.8 Å². The topological polar surface area (TPSA) is 139 Å². The van der Waals surface area contributed by atoms with E-state index in [1.165, 1.54) is 73.5 Å². The molecule has 1 atom stereocenters. The first-order chi connectivity index (χ1) is 23.7. The van der Waals surface area contributed by atoms with Gasteiger partial charge in [-0.2, -0.15) is 0 Å². The lowest BCUT2D eigenvalue weighted by Gasteiger charge is -2.34. The number of nitro groups is 1. The molecule has 4 rings (SSSR count). The lowest BCUT2D eigenvalue weighted by molar-refractivity contribution is -0.385. The van der Waals surface area contributed by atoms with Gasteiger partial charge in [0, 0.05) is 36.2 Å². The number of aryl methyl sites for hydroxylation is 1. The number of benzene rings is 4. The number of halogens is 2. The molecule has 50 heavy (non-hydrogen) atoms. The third-order valence-electron chi connectivity index (χ3n) is 7.88. The predicted molar refractivity (Wildman–Crippen MR) is 189 cm³/mol. The van der Waals surface area contributed by atoms with E-state index in [9.17, 15) is 32.5 Å². The van der Waals surface area contributed by atoms with E-state index in [0.717, 1.165) is 15.9 Å². The first-order valence-corrected chi connectivity index (χ1v) is 17.5. The lowest BCUT2D eigenvalue weighted by Crippen LogP contribution is -2.53. The fraction of sp³-hybridized carbons (Fsp3) is 0.278. The van der Waals surface area contributed by atoms with Crippen molar-refractivity contribution in [3.05, 3.63) is 129 Å². The van der Waals surface area contributed by atoms with Crippen molar-refractivity contribution < 1.29 is 32.1 Å². The van der Waals surface area contributed by atoms with Crippen molar-refractivity contribution in [1.29, 1.82) is 0 Å². The van der Waals surface area contributed by atoms with Crippen molar-refractivity contribution in [2.75, 3.05) is 24.5 Å². The number of rotatable bonds is 15. The van der Waals surface area contributed by atoms with E-state index in [4.69, 9.17) is 16.3 Å². The van der Waals surface area contributed by atoms with Crippen LogP contribution in [0.1, 0.15) is 30.5 Å². The average Bonchev–Trinajstić information content (AvgIpc) is 3.08. The van der Waals surface area contributed by atoms with Gasteiger partial charge in [-0.15, -0.1) is 0 Å². The maximum absolute atomic E-state index is 14.6. The number of carbonyl (C=O) groups is 2. The summed E-state index contributed by atoms with van der Waals surface area (Å²) in [5.74, 6) is -1.62. The molecular weight excluding hydrogens is 687 g/mol. The van der Waals surface area contributed by atoms with Gasteiger partial charge in [0.1, 0.15) is 24.2 Å². The number of nitrogens with zero attached hydrogens (tertiary/aromatic N) is 3. The molecule has 14 heteroatoms. The van der Waals surface area contributed by atoms with Crippen LogP contribution in [0.15, 0.2) is 95.9 Å². The molecule has 4 aromatic rings. The Morgan fingerprint density at radius 2 is 1.66 bits per heavy atom. The minimum Gasteiger partial charge on any atom is -0.495 e. The van der Waals surface area contributed by atoms with Crippen molar-refractivity contribution in [2.24, 2.45) is 5.92 Å². The van der Waals surface area contributed by atoms with Gasteiger partial charge in [-0.3, -0.25) is 24.0 Å². The SMILES string of the molecule is COc1ccc(Cl)cc1N(CC(=O)N(Cc1ccc(F)cc1)C(Cc1ccccc1)C(=O)NCC(C)C)S(=O)(=O)c1ccc(C)c([N+](=O)[O-])c1. The molecule has 0 heterocycles. The van der Waals surface area contributed by atoms with E-state index in [2.05, 4.69) is 5.32 Å². The maximum atomic E-state index is 14.6. The summed E-state index contributed by atoms with van der Waals surface area (Å²) in [6, 6.07) is 20.9. The van der Waals surface area contributed by atoms with Gasteiger partial charge in [0.2, 0.25) is 11.8 Å². The van der Waals surface area contributed by atoms with E-state index >= 15 is 0 Å². The number of hydrogen-bond acceptors (Lipinski definition) is 7. The molecular formula is C36H38ClFN4O7S. The summed E-state index contributed by atoms with van der Waals surface area (Å²) in [6.07, 6.45) is 0.0785. The van der Waals surface area contributed by atoms with Crippen molar-refractivity contribution >= 4 is 44.8 Å². The van der Waals surface area contributed by atoms with Crippen molar-refractivity contribution in [3.8, 4) is 5.75 Å². The van der Waals surface area contributed by atoms with Gasteiger partial charge in [0.15, 0.2) is 0 Å². The van der Waals surface area contributed by atoms with Crippen molar-refractivity contribution in [3.63, 3.8) is 0 Å². The number of nitrogens with one attached hydrogen (secondary N) is 1. The second-order valence-electron chi connectivity index (χ2n) is 12.0. The first kappa shape index (κ1) is 37.8. The molecule has 0 aromatic heterocycles. The fourth-order valence-corrected chi connectivity index (χ4v) is 6.81. The molecule has 1 N–H and O–H groups in total. The Balaban J connectivity index is 1.88. The Morgan fingerprint density at radius 3 is 2.28 bits per heavy atom. The molecule has 0 bridgehead atoms. The van der Waals surface area contributed by atoms with Gasteiger partial charge in [0.05, 0.1) is 22.6 Å². The number of anilines is 1. The van der Waals surface area contributed by atoms with E-state index < -0.39 is 55.7 Å². The largest absolute Gasteiger partial charge is 0.495 e. The quantitative estimate of drug-likeness (QED) is 0.112. The Morgan fingerprint density at radius 1 is 0.980 bits per heavy atom. The predicted octanol–water partition coefficient (Wildman–Crippen LogP) is 6.31. The summed E-state index contributed by atoms with van der Waals surface area (Å²) in [5.41, 5.74) is 0.916. The van der Waals surface area contributed by atoms with Crippen LogP contribution >= 0.6 is 11.6 Å². The monoisotopic (exact) mass is 724 g/mol. The summed E-state index contributed by atoms with van der Waals surface area (Å²) in [6.45, 7) is 4.59. The number of amides is 2. The molecule has 11 nitrogen and oxygen atoms in total. The second-order valence-corrected chi connectivity index (χ2v) is 14.3. The van der Waals surface area contributed by atoms with Gasteiger partial charge >= 0.3 is 0 Å². The van der Waals surface area contributed by atoms with Crippen LogP contribution < -0.4 is 14.4 Å². The average molecular weight is 725 g/mol. The van der Waals surface area contributed by atoms with Gasteiger partial charge in [-0.1, -0.05) is 74.0 Å². The van der Waals surface area contributed by atoms with E-state index in [1.54, 1.807) is 24.3 Å². The highest BCUT2D eigenvalue weighted by atomic mass is 35.5. The number of sulfonamides is 1. The minimum absolute atomic E-state index is 0.0491. The van der Waals surface area contributed by atoms with E-state index in [-0.39, 0.29) is 40.9 Å². The van der Waals surface area contributed by atoms with Crippen LogP contribution in [-0.2, 0) is 32.6 Å². The standard InChI is InChI=1S/C36H38ClFN4O7S/c1-24(2)21-39-36(44)33(18-26-8-6-5-7-9-26)40(22-27-11-14-29(38)15-12-27)35(43)23-41(32-19-28(37)13-17-34(32)49-4)50(47,48)30-16-10-25(3)31(20-30)42(45)46/h5-17,19-20,24,33H,18,21-23H2,1-4H3,(H,39,44). The van der Waals surface area contributed by atoms with Crippen LogP contribution in [0.4, 0.5) is 15.8 Å². The molecule has 264 valence electrons. The van der Waals surface area contributed by atoms with Gasteiger partial charge < -0.3 is 15.0 Å². The second kappa shape index (κ2) is 16.6. The van der Waals surface area contributed by atoms with Crippen LogP contribution in [0.3, 0.4) is 0 Å². The number of hydrogen-bond donors (Lipinski definition) is 1. The van der Waals surface area contributed by atoms with Crippen LogP contribution in [0.2, 0.25) is 5.02 Å². The molecule has 0 aliphatic rings. The molecule has 4 aromatic carbocycles. The molecule has 0 saturated heterocycles. The zero-order valence-corrected chi connectivity index (χ0v) is 29.6. The molecule has 2 amide bonds. The molecule has 0 radical (unpaired) electrons. The van der Waals surface area contributed by atoms with Gasteiger partial charge in [0.25, 0.3) is 15.7 Å². The summed E-state index contributed by atoms with van der Waals surface area (Å²) in [7, 11) is -3.41. The smallest absolute Gasteiger partial charge is 0.273 e. The zero-order chi connectivity index (χ0) is 36.6. The van der Waals surface area contributed by atoms with Crippen LogP contribution in [0.25, 0.3) is 0 Å². The summed E-state index contributed by atoms with van der Waals surface area (Å²) in [4.78, 5) is 40.4. The van der Waals surface area contributed by atoms with E-state index in [0.29, 0.717) is 12.1 Å². The molecule has 0 aliphatic carbocycles. The number of ether oxygens (including phenoxy) is 1. The van der Waals surface area contributed by atoms with Gasteiger partial charge in [-0.05, 0) is 60.4 Å². The molecule has 0 fully saturated rings. The fourth-order valence-electron chi connectivity index (χ4n) is 5.21. The molecule has 1 unspecified atom stereocenters. The minimum atomic E-state index is -4.72. The highest BCUT2D eigenvalue weighted by Gasteiger charge is 2.36. The van der Waals surface area contributed by atoms with E-state index in [1.807, 2.05) is 19.9 Å². The lowest BCUT2D eigenvalue weighted by atomic mass is 10.0.